The van der Waals surface area contributed by atoms with Crippen molar-refractivity contribution in [3.63, 3.8) is 0 Å². The highest BCUT2D eigenvalue weighted by molar-refractivity contribution is 8.13. The molecule has 62 heavy (non-hydrogen) atoms. The van der Waals surface area contributed by atoms with E-state index in [9.17, 15) is 57.9 Å². The number of aliphatic hydroxyl groups excluding tert-OH is 2. The average Bonchev–Trinajstić information content (AvgIpc) is 3.89. The summed E-state index contributed by atoms with van der Waals surface area (Å²) in [5.41, 5.74) is 12.2. The van der Waals surface area contributed by atoms with Crippen molar-refractivity contribution >= 4 is 80.0 Å². The normalized spacial score (nSPS) is 21.3. The van der Waals surface area contributed by atoms with E-state index in [2.05, 4.69) is 39.4 Å². The van der Waals surface area contributed by atoms with E-state index >= 15 is 0 Å². The molecule has 0 spiro atoms. The fraction of sp³-hybridized carbons (Fsp3) is 0.500. The number of aliphatic hydroxyl groups is 2. The monoisotopic (exact) mass is 953 g/mol. The number of thioether (sulfide) groups is 1. The molecule has 1 aromatic carbocycles. The molecule has 1 saturated heterocycles. The predicted molar refractivity (Wildman–Crippen MR) is 217 cm³/mol. The lowest BCUT2D eigenvalue weighted by molar-refractivity contribution is -0.137. The highest BCUT2D eigenvalue weighted by atomic mass is 32.2. The van der Waals surface area contributed by atoms with E-state index in [1.165, 1.54) is 13.8 Å². The van der Waals surface area contributed by atoms with Crippen molar-refractivity contribution in [2.45, 2.75) is 63.4 Å². The first-order valence-electron chi connectivity index (χ1n) is 18.3. The van der Waals surface area contributed by atoms with Crippen LogP contribution in [0.25, 0.3) is 22.1 Å². The highest BCUT2D eigenvalue weighted by Crippen LogP contribution is 2.61. The van der Waals surface area contributed by atoms with Gasteiger partial charge in [0.25, 0.3) is 0 Å². The standard InChI is InChI=1S/C32H46N9O17P3S/c1-32(2,26(44)29(45)36-8-7-22(42)35-9-10-62-31(46)19(33)11-17-12-37-20-6-4-3-5-18(17)20)14-55-61(52,53)58-60(50,51)54-13-21-25(57-59(47,48)49)24(43)30(56-21)41-16-40-23-27(34)38-15-39-28(23)41/h3-6,12,15-16,19,21,24-26,30,37,43-44H,7-11,13-14,33H2,1-2H3,(H,35,42)(H,36,45)(H,50,51)(H,52,53)(H2,34,38,39)(H2,47,48,49)/t19-,21-,24?,25?,26+,30-/m0/s1. The molecular weight excluding hydrogens is 907 g/mol. The van der Waals surface area contributed by atoms with Gasteiger partial charge in [-0.1, -0.05) is 43.8 Å². The van der Waals surface area contributed by atoms with Gasteiger partial charge in [-0.25, -0.2) is 28.6 Å². The number of H-pyrrole nitrogens is 1. The Morgan fingerprint density at radius 1 is 1.05 bits per heavy atom. The Kier molecular flexibility index (Phi) is 16.2. The zero-order valence-electron chi connectivity index (χ0n) is 32.8. The van der Waals surface area contributed by atoms with Gasteiger partial charge in [-0.15, -0.1) is 0 Å². The third-order valence-electron chi connectivity index (χ3n) is 9.16. The van der Waals surface area contributed by atoms with Crippen LogP contribution in [0.5, 0.6) is 0 Å². The fourth-order valence-electron chi connectivity index (χ4n) is 6.01. The molecule has 342 valence electrons. The molecule has 0 bridgehead atoms. The van der Waals surface area contributed by atoms with Gasteiger partial charge in [0.05, 0.1) is 25.6 Å². The van der Waals surface area contributed by atoms with Crippen LogP contribution in [0.1, 0.15) is 32.1 Å². The van der Waals surface area contributed by atoms with Crippen LogP contribution in [0, 0.1) is 5.41 Å². The molecule has 3 aromatic heterocycles. The van der Waals surface area contributed by atoms with E-state index in [1.807, 2.05) is 30.5 Å². The van der Waals surface area contributed by atoms with Crippen molar-refractivity contribution < 1.29 is 80.5 Å². The van der Waals surface area contributed by atoms with E-state index in [0.717, 1.165) is 45.5 Å². The molecule has 4 heterocycles. The van der Waals surface area contributed by atoms with Crippen LogP contribution < -0.4 is 22.1 Å². The molecule has 26 nitrogen and oxygen atoms in total. The number of nitrogen functional groups attached to an aromatic ring is 1. The number of ether oxygens (including phenoxy) is 1. The number of imidazole rings is 1. The summed E-state index contributed by atoms with van der Waals surface area (Å²) in [5, 5.41) is 27.2. The zero-order valence-corrected chi connectivity index (χ0v) is 36.3. The molecule has 1 aliphatic rings. The molecule has 13 N–H and O–H groups in total. The van der Waals surface area contributed by atoms with Gasteiger partial charge in [0, 0.05) is 47.8 Å². The summed E-state index contributed by atoms with van der Waals surface area (Å²) in [6.07, 6.45) is -4.87. The van der Waals surface area contributed by atoms with Crippen LogP contribution in [-0.2, 0) is 57.1 Å². The molecule has 1 aliphatic heterocycles. The Balaban J connectivity index is 1.02. The number of carbonyl (C=O) groups is 3. The quantitative estimate of drug-likeness (QED) is 0.0356. The molecule has 30 heteroatoms. The lowest BCUT2D eigenvalue weighted by Gasteiger charge is -2.30. The fourth-order valence-corrected chi connectivity index (χ4v) is 9.54. The van der Waals surface area contributed by atoms with Gasteiger partial charge in [0.2, 0.25) is 16.9 Å². The summed E-state index contributed by atoms with van der Waals surface area (Å²) in [4.78, 5) is 91.7. The number of anilines is 1. The third-order valence-corrected chi connectivity index (χ3v) is 13.3. The smallest absolute Gasteiger partial charge is 0.386 e. The maximum atomic E-state index is 12.7. The number of phosphoric ester groups is 3. The predicted octanol–water partition coefficient (Wildman–Crippen LogP) is -0.284. The lowest BCUT2D eigenvalue weighted by Crippen LogP contribution is -2.46. The van der Waals surface area contributed by atoms with Crippen molar-refractivity contribution in [1.82, 2.24) is 35.1 Å². The van der Waals surface area contributed by atoms with Crippen molar-refractivity contribution in [3.8, 4) is 0 Å². The molecular formula is C32H46N9O17P3S. The van der Waals surface area contributed by atoms with Crippen LogP contribution in [-0.4, -0.2) is 134 Å². The van der Waals surface area contributed by atoms with Crippen LogP contribution >= 0.6 is 35.2 Å². The molecule has 4 aromatic rings. The van der Waals surface area contributed by atoms with E-state index in [4.69, 9.17) is 25.3 Å². The number of aromatic amines is 1. The molecule has 0 saturated carbocycles. The number of amides is 2. The maximum absolute atomic E-state index is 12.7. The van der Waals surface area contributed by atoms with Crippen LogP contribution in [0.15, 0.2) is 43.1 Å². The zero-order chi connectivity index (χ0) is 45.6. The topological polar surface area (TPSA) is 405 Å². The first kappa shape index (κ1) is 49.3. The Bertz CT molecular complexity index is 2380. The van der Waals surface area contributed by atoms with E-state index in [-0.39, 0.29) is 47.4 Å². The van der Waals surface area contributed by atoms with E-state index < -0.39 is 90.6 Å². The number of nitrogens with one attached hydrogen (secondary N) is 3. The Hall–Kier alpha value is -3.72. The van der Waals surface area contributed by atoms with Crippen molar-refractivity contribution in [2.24, 2.45) is 11.1 Å². The molecule has 4 unspecified atom stereocenters. The Labute approximate surface area is 355 Å². The molecule has 2 amide bonds. The van der Waals surface area contributed by atoms with Crippen molar-refractivity contribution in [3.05, 3.63) is 48.7 Å². The van der Waals surface area contributed by atoms with Crippen LogP contribution in [0.4, 0.5) is 5.82 Å². The van der Waals surface area contributed by atoms with Gasteiger partial charge in [0.15, 0.2) is 17.7 Å². The molecule has 5 rings (SSSR count). The van der Waals surface area contributed by atoms with Gasteiger partial charge in [-0.3, -0.25) is 32.5 Å². The number of rotatable bonds is 22. The van der Waals surface area contributed by atoms with Gasteiger partial charge in [0.1, 0.15) is 36.3 Å². The Morgan fingerprint density at radius 2 is 1.76 bits per heavy atom. The minimum Gasteiger partial charge on any atom is -0.386 e. The summed E-state index contributed by atoms with van der Waals surface area (Å²) in [6, 6.07) is 6.87. The SMILES string of the molecule is CC(C)(COP(=O)(O)OP(=O)(O)OC[C@@H]1O[C@H](n2cnc3c(N)ncnc32)C(O)C1OP(=O)(O)O)[C@H](O)C(=O)NCCC(=O)NCCSC(=O)[C@@H](N)Cc1c[nH]c2ccccc12. The van der Waals surface area contributed by atoms with Crippen molar-refractivity contribution in [2.75, 3.05) is 37.8 Å². The van der Waals surface area contributed by atoms with Gasteiger partial charge in [-0.05, 0) is 18.1 Å². The molecule has 8 atom stereocenters. The molecule has 0 aliphatic carbocycles. The number of para-hydroxylation sites is 1. The minimum absolute atomic E-state index is 0.0259. The third kappa shape index (κ3) is 13.2. The van der Waals surface area contributed by atoms with Crippen LogP contribution in [0.2, 0.25) is 0 Å². The number of nitrogens with zero attached hydrogens (tertiary/aromatic N) is 4. The second kappa shape index (κ2) is 20.4. The Morgan fingerprint density at radius 3 is 2.48 bits per heavy atom. The molecule has 1 fully saturated rings. The number of benzene rings is 1. The number of carbonyl (C=O) groups excluding carboxylic acids is 3. The number of hydrogen-bond donors (Lipinski definition) is 11. The second-order valence-electron chi connectivity index (χ2n) is 14.4. The number of aromatic nitrogens is 5. The number of phosphoric acid groups is 3. The first-order chi connectivity index (χ1) is 29.0. The average molecular weight is 954 g/mol. The largest absolute Gasteiger partial charge is 0.481 e. The summed E-state index contributed by atoms with van der Waals surface area (Å²) in [5.74, 6) is -1.27. The maximum Gasteiger partial charge on any atom is 0.481 e. The second-order valence-corrected chi connectivity index (χ2v) is 19.7. The summed E-state index contributed by atoms with van der Waals surface area (Å²) in [6.45, 7) is 0.353. The minimum atomic E-state index is -5.59. The van der Waals surface area contributed by atoms with E-state index in [0.29, 0.717) is 6.42 Å². The number of hydrogen-bond acceptors (Lipinski definition) is 19. The van der Waals surface area contributed by atoms with Gasteiger partial charge >= 0.3 is 23.5 Å². The van der Waals surface area contributed by atoms with E-state index in [1.54, 1.807) is 0 Å². The lowest BCUT2D eigenvalue weighted by atomic mass is 9.87. The van der Waals surface area contributed by atoms with Gasteiger partial charge in [-0.2, -0.15) is 4.31 Å². The van der Waals surface area contributed by atoms with Crippen LogP contribution in [0.3, 0.4) is 0 Å². The first-order valence-corrected chi connectivity index (χ1v) is 23.8. The molecule has 0 radical (unpaired) electrons. The highest BCUT2D eigenvalue weighted by Gasteiger charge is 2.50. The number of nitrogens with two attached hydrogens (primary N) is 2. The summed E-state index contributed by atoms with van der Waals surface area (Å²) < 4.78 is 62.3. The summed E-state index contributed by atoms with van der Waals surface area (Å²) in [7, 11) is -16.4. The van der Waals surface area contributed by atoms with Crippen molar-refractivity contribution in [1.29, 1.82) is 0 Å². The number of fused-ring (bicyclic) bond motifs is 2. The summed E-state index contributed by atoms with van der Waals surface area (Å²) >= 11 is 0.970. The van der Waals surface area contributed by atoms with Gasteiger partial charge < -0.3 is 61.6 Å².